The first-order valence-electron chi connectivity index (χ1n) is 7.79. The lowest BCUT2D eigenvalue weighted by Crippen LogP contribution is -2.17. The van der Waals surface area contributed by atoms with Crippen molar-refractivity contribution in [2.75, 3.05) is 5.32 Å². The predicted octanol–water partition coefficient (Wildman–Crippen LogP) is 3.76. The molecule has 27 heavy (non-hydrogen) atoms. The first-order valence-corrected chi connectivity index (χ1v) is 8.98. The number of primary amides is 1. The van der Waals surface area contributed by atoms with Gasteiger partial charge in [-0.15, -0.1) is 11.3 Å². The molecule has 0 bridgehead atoms. The van der Waals surface area contributed by atoms with Crippen LogP contribution in [0.2, 0.25) is 5.02 Å². The van der Waals surface area contributed by atoms with Crippen molar-refractivity contribution < 1.29 is 18.4 Å². The molecule has 0 aliphatic carbocycles. The summed E-state index contributed by atoms with van der Waals surface area (Å²) >= 11 is 6.87. The molecule has 0 atom stereocenters. The second kappa shape index (κ2) is 7.20. The number of fused-ring (bicyclic) bond motifs is 1. The standard InChI is InChI=1S/C16H14ClF2N5O2S/c1-3-24-5-7(17)10(23-24)15(26)22-11-9-6(2)4-8(13(18)19)21-16(9)27-12(11)14(20)25/h4-5,13H,3H2,1-2H3,(H2,20,25)(H,22,26). The first-order chi connectivity index (χ1) is 12.7. The van der Waals surface area contributed by atoms with E-state index in [2.05, 4.69) is 15.4 Å². The van der Waals surface area contributed by atoms with Gasteiger partial charge in [0.25, 0.3) is 18.2 Å². The number of carbonyl (C=O) groups is 2. The molecule has 0 radical (unpaired) electrons. The summed E-state index contributed by atoms with van der Waals surface area (Å²) in [5, 5.41) is 7.17. The number of nitrogens with two attached hydrogens (primary N) is 1. The third-order valence-electron chi connectivity index (χ3n) is 3.82. The Morgan fingerprint density at radius 2 is 2.15 bits per heavy atom. The maximum Gasteiger partial charge on any atom is 0.280 e. The predicted molar refractivity (Wildman–Crippen MR) is 98.7 cm³/mol. The fourth-order valence-corrected chi connectivity index (χ4v) is 3.90. The maximum absolute atomic E-state index is 13.0. The van der Waals surface area contributed by atoms with Crippen molar-refractivity contribution in [2.45, 2.75) is 26.8 Å². The summed E-state index contributed by atoms with van der Waals surface area (Å²) in [6.45, 7) is 3.93. The third-order valence-corrected chi connectivity index (χ3v) is 5.20. The molecule has 3 N–H and O–H groups in total. The Kier molecular flexibility index (Phi) is 5.11. The van der Waals surface area contributed by atoms with E-state index in [1.54, 1.807) is 6.92 Å². The number of nitrogens with zero attached hydrogens (tertiary/aromatic N) is 3. The number of hydrogen-bond donors (Lipinski definition) is 2. The van der Waals surface area contributed by atoms with Crippen LogP contribution in [0, 0.1) is 6.92 Å². The number of carbonyl (C=O) groups excluding carboxylic acids is 2. The van der Waals surface area contributed by atoms with Gasteiger partial charge in [-0.05, 0) is 25.5 Å². The summed E-state index contributed by atoms with van der Waals surface area (Å²) in [5.74, 6) is -1.46. The molecule has 0 saturated heterocycles. The summed E-state index contributed by atoms with van der Waals surface area (Å²) in [6.07, 6.45) is -1.26. The molecule has 142 valence electrons. The summed E-state index contributed by atoms with van der Waals surface area (Å²) < 4.78 is 27.5. The Hall–Kier alpha value is -2.59. The lowest BCUT2D eigenvalue weighted by atomic mass is 10.1. The minimum Gasteiger partial charge on any atom is -0.365 e. The fourth-order valence-electron chi connectivity index (χ4n) is 2.60. The highest BCUT2D eigenvalue weighted by Gasteiger charge is 2.25. The number of rotatable bonds is 5. The van der Waals surface area contributed by atoms with Crippen molar-refractivity contribution in [1.29, 1.82) is 0 Å². The van der Waals surface area contributed by atoms with E-state index in [-0.39, 0.29) is 26.1 Å². The highest BCUT2D eigenvalue weighted by Crippen LogP contribution is 2.38. The molecule has 0 fully saturated rings. The molecular weight excluding hydrogens is 400 g/mol. The lowest BCUT2D eigenvalue weighted by Gasteiger charge is -2.07. The molecule has 3 heterocycles. The van der Waals surface area contributed by atoms with E-state index in [9.17, 15) is 18.4 Å². The fraction of sp³-hybridized carbons (Fsp3) is 0.250. The van der Waals surface area contributed by atoms with Crippen LogP contribution in [0.1, 0.15) is 44.8 Å². The molecule has 0 spiro atoms. The summed E-state index contributed by atoms with van der Waals surface area (Å²) in [5.41, 5.74) is 5.49. The van der Waals surface area contributed by atoms with Crippen LogP contribution in [0.5, 0.6) is 0 Å². The Balaban J connectivity index is 2.12. The van der Waals surface area contributed by atoms with Crippen molar-refractivity contribution in [1.82, 2.24) is 14.8 Å². The Bertz CT molecular complexity index is 1060. The zero-order valence-corrected chi connectivity index (χ0v) is 15.8. The van der Waals surface area contributed by atoms with Crippen LogP contribution in [0.25, 0.3) is 10.2 Å². The maximum atomic E-state index is 13.0. The number of alkyl halides is 2. The van der Waals surface area contributed by atoms with Gasteiger partial charge in [0.15, 0.2) is 5.69 Å². The van der Waals surface area contributed by atoms with E-state index < -0.39 is 23.9 Å². The van der Waals surface area contributed by atoms with Crippen LogP contribution in [0.4, 0.5) is 14.5 Å². The van der Waals surface area contributed by atoms with E-state index in [0.717, 1.165) is 11.3 Å². The molecule has 3 rings (SSSR count). The molecule has 11 heteroatoms. The van der Waals surface area contributed by atoms with Crippen LogP contribution in [0.3, 0.4) is 0 Å². The number of thiophene rings is 1. The average Bonchev–Trinajstić information content (AvgIpc) is 3.15. The summed E-state index contributed by atoms with van der Waals surface area (Å²) in [7, 11) is 0. The van der Waals surface area contributed by atoms with Crippen LogP contribution in [-0.4, -0.2) is 26.6 Å². The topological polar surface area (TPSA) is 103 Å². The second-order valence-corrected chi connectivity index (χ2v) is 7.06. The first kappa shape index (κ1) is 19.2. The van der Waals surface area contributed by atoms with E-state index >= 15 is 0 Å². The van der Waals surface area contributed by atoms with Gasteiger partial charge in [0, 0.05) is 18.1 Å². The van der Waals surface area contributed by atoms with Gasteiger partial charge in [0.05, 0.1) is 10.7 Å². The van der Waals surface area contributed by atoms with E-state index in [4.69, 9.17) is 17.3 Å². The molecule has 3 aromatic rings. The van der Waals surface area contributed by atoms with E-state index in [1.807, 2.05) is 6.92 Å². The largest absolute Gasteiger partial charge is 0.365 e. The quantitative estimate of drug-likeness (QED) is 0.664. The van der Waals surface area contributed by atoms with Gasteiger partial charge >= 0.3 is 0 Å². The molecule has 0 unspecified atom stereocenters. The highest BCUT2D eigenvalue weighted by molar-refractivity contribution is 7.21. The van der Waals surface area contributed by atoms with Crippen molar-refractivity contribution >= 4 is 50.7 Å². The summed E-state index contributed by atoms with van der Waals surface area (Å²) in [4.78, 5) is 28.5. The van der Waals surface area contributed by atoms with E-state index in [0.29, 0.717) is 17.5 Å². The number of anilines is 1. The number of aromatic nitrogens is 3. The van der Waals surface area contributed by atoms with Gasteiger partial charge in [0.1, 0.15) is 15.4 Å². The van der Waals surface area contributed by atoms with Gasteiger partial charge < -0.3 is 11.1 Å². The zero-order valence-electron chi connectivity index (χ0n) is 14.2. The Labute approximate surface area is 161 Å². The van der Waals surface area contributed by atoms with Crippen LogP contribution in [-0.2, 0) is 6.54 Å². The zero-order chi connectivity index (χ0) is 19.9. The Morgan fingerprint density at radius 3 is 2.70 bits per heavy atom. The monoisotopic (exact) mass is 413 g/mol. The normalized spacial score (nSPS) is 11.3. The van der Waals surface area contributed by atoms with Crippen LogP contribution >= 0.6 is 22.9 Å². The van der Waals surface area contributed by atoms with Crippen LogP contribution < -0.4 is 11.1 Å². The summed E-state index contributed by atoms with van der Waals surface area (Å²) in [6, 6.07) is 1.21. The number of hydrogen-bond acceptors (Lipinski definition) is 5. The van der Waals surface area contributed by atoms with Gasteiger partial charge in [-0.3, -0.25) is 14.3 Å². The minimum absolute atomic E-state index is 0.00594. The second-order valence-electron chi connectivity index (χ2n) is 5.65. The number of amides is 2. The molecule has 0 saturated carbocycles. The number of pyridine rings is 1. The van der Waals surface area contributed by atoms with Gasteiger partial charge in [-0.2, -0.15) is 5.10 Å². The number of aryl methyl sites for hydroxylation is 2. The minimum atomic E-state index is -2.76. The third kappa shape index (κ3) is 3.50. The van der Waals surface area contributed by atoms with Crippen molar-refractivity contribution in [3.63, 3.8) is 0 Å². The smallest absolute Gasteiger partial charge is 0.280 e. The SMILES string of the molecule is CCn1cc(Cl)c(C(=O)Nc2c(C(N)=O)sc3nc(C(F)F)cc(C)c23)n1. The van der Waals surface area contributed by atoms with Crippen LogP contribution in [0.15, 0.2) is 12.3 Å². The number of nitrogens with one attached hydrogen (secondary N) is 1. The van der Waals surface area contributed by atoms with E-state index in [1.165, 1.54) is 16.9 Å². The Morgan fingerprint density at radius 1 is 1.44 bits per heavy atom. The highest BCUT2D eigenvalue weighted by atomic mass is 35.5. The molecule has 0 aliphatic rings. The molecule has 3 aromatic heterocycles. The van der Waals surface area contributed by atoms with Crippen molar-refractivity contribution in [3.8, 4) is 0 Å². The molecule has 0 aromatic carbocycles. The molecule has 7 nitrogen and oxygen atoms in total. The number of halogens is 3. The van der Waals surface area contributed by atoms with Crippen molar-refractivity contribution in [3.05, 3.63) is 39.1 Å². The average molecular weight is 414 g/mol. The van der Waals surface area contributed by atoms with Gasteiger partial charge in [0.2, 0.25) is 0 Å². The van der Waals surface area contributed by atoms with Gasteiger partial charge in [-0.1, -0.05) is 11.6 Å². The molecular formula is C16H14ClF2N5O2S. The lowest BCUT2D eigenvalue weighted by molar-refractivity contribution is 0.100. The van der Waals surface area contributed by atoms with Crippen molar-refractivity contribution in [2.24, 2.45) is 5.73 Å². The molecule has 0 aliphatic heterocycles. The molecule has 2 amide bonds. The van der Waals surface area contributed by atoms with Gasteiger partial charge in [-0.25, -0.2) is 13.8 Å².